The van der Waals surface area contributed by atoms with E-state index in [2.05, 4.69) is 9.98 Å². The standard InChI is InChI=1S/C19H10F3N3O/c1-2-17(23)25-19(26)10-3-4-16-13(7-10)12(5-6-24-16)18-14(21)8-11(20)9-15(18)22/h1,3-9H,(H2,23,25,26). The van der Waals surface area contributed by atoms with Crippen LogP contribution in [0.3, 0.4) is 0 Å². The van der Waals surface area contributed by atoms with Crippen LogP contribution in [-0.2, 0) is 0 Å². The molecule has 0 aliphatic rings. The van der Waals surface area contributed by atoms with Crippen molar-refractivity contribution in [2.24, 2.45) is 10.7 Å². The number of rotatable bonds is 2. The van der Waals surface area contributed by atoms with Crippen molar-refractivity contribution < 1.29 is 18.0 Å². The van der Waals surface area contributed by atoms with Crippen molar-refractivity contribution in [3.8, 4) is 23.5 Å². The number of hydrogen-bond acceptors (Lipinski definition) is 2. The Morgan fingerprint density at radius 3 is 2.46 bits per heavy atom. The first-order valence-electron chi connectivity index (χ1n) is 7.29. The predicted octanol–water partition coefficient (Wildman–Crippen LogP) is 3.45. The van der Waals surface area contributed by atoms with Crippen LogP contribution in [0.4, 0.5) is 13.2 Å². The summed E-state index contributed by atoms with van der Waals surface area (Å²) >= 11 is 0. The van der Waals surface area contributed by atoms with Crippen molar-refractivity contribution >= 4 is 22.6 Å². The van der Waals surface area contributed by atoms with Crippen LogP contribution in [0.2, 0.25) is 0 Å². The van der Waals surface area contributed by atoms with E-state index < -0.39 is 28.9 Å². The minimum absolute atomic E-state index is 0.105. The summed E-state index contributed by atoms with van der Waals surface area (Å²) in [6.45, 7) is 0. The Kier molecular flexibility index (Phi) is 4.42. The van der Waals surface area contributed by atoms with E-state index in [9.17, 15) is 18.0 Å². The first-order chi connectivity index (χ1) is 12.4. The molecule has 1 aromatic heterocycles. The zero-order chi connectivity index (χ0) is 18.8. The highest BCUT2D eigenvalue weighted by atomic mass is 19.1. The summed E-state index contributed by atoms with van der Waals surface area (Å²) < 4.78 is 41.5. The molecule has 2 N–H and O–H groups in total. The molecule has 0 saturated carbocycles. The maximum atomic E-state index is 14.2. The van der Waals surface area contributed by atoms with E-state index in [1.807, 2.05) is 5.92 Å². The molecule has 0 fully saturated rings. The summed E-state index contributed by atoms with van der Waals surface area (Å²) in [5.41, 5.74) is 5.53. The number of carbonyl (C=O) groups is 1. The van der Waals surface area contributed by atoms with Crippen molar-refractivity contribution in [2.75, 3.05) is 0 Å². The molecule has 0 atom stereocenters. The SMILES string of the molecule is C#C/C(N)=N\C(=O)c1ccc2nccc(-c3c(F)cc(F)cc3F)c2c1. The van der Waals surface area contributed by atoms with Crippen LogP contribution in [0.15, 0.2) is 47.6 Å². The Morgan fingerprint density at radius 2 is 1.81 bits per heavy atom. The van der Waals surface area contributed by atoms with Gasteiger partial charge in [0.1, 0.15) is 17.5 Å². The highest BCUT2D eigenvalue weighted by molar-refractivity contribution is 6.10. The summed E-state index contributed by atoms with van der Waals surface area (Å²) in [6.07, 6.45) is 6.41. The monoisotopic (exact) mass is 353 g/mol. The second-order valence-corrected chi connectivity index (χ2v) is 5.28. The first-order valence-corrected chi connectivity index (χ1v) is 7.29. The fourth-order valence-corrected chi connectivity index (χ4v) is 2.50. The Hall–Kier alpha value is -3.66. The molecule has 0 saturated heterocycles. The summed E-state index contributed by atoms with van der Waals surface area (Å²) in [5, 5.41) is 0.289. The Labute approximate surface area is 146 Å². The number of fused-ring (bicyclic) bond motifs is 1. The summed E-state index contributed by atoms with van der Waals surface area (Å²) in [4.78, 5) is 19.7. The molecule has 0 bridgehead atoms. The van der Waals surface area contributed by atoms with Gasteiger partial charge in [-0.15, -0.1) is 6.42 Å². The normalized spacial score (nSPS) is 11.4. The van der Waals surface area contributed by atoms with Gasteiger partial charge in [0, 0.05) is 29.3 Å². The molecular formula is C19H10F3N3O. The zero-order valence-electron chi connectivity index (χ0n) is 13.1. The van der Waals surface area contributed by atoms with Gasteiger partial charge in [-0.25, -0.2) is 13.2 Å². The van der Waals surface area contributed by atoms with Crippen molar-refractivity contribution in [3.05, 3.63) is 65.6 Å². The number of nitrogens with zero attached hydrogens (tertiary/aromatic N) is 2. The maximum absolute atomic E-state index is 14.2. The predicted molar refractivity (Wildman–Crippen MR) is 91.8 cm³/mol. The smallest absolute Gasteiger partial charge is 0.279 e. The molecule has 2 aromatic carbocycles. The van der Waals surface area contributed by atoms with Gasteiger partial charge in [-0.3, -0.25) is 9.78 Å². The summed E-state index contributed by atoms with van der Waals surface area (Å²) in [5.74, 6) is -2.15. The number of amidine groups is 1. The molecule has 3 rings (SSSR count). The molecule has 0 spiro atoms. The Bertz CT molecular complexity index is 1090. The number of carbonyl (C=O) groups excluding carboxylic acids is 1. The molecule has 4 nitrogen and oxygen atoms in total. The second-order valence-electron chi connectivity index (χ2n) is 5.28. The molecule has 128 valence electrons. The lowest BCUT2D eigenvalue weighted by Crippen LogP contribution is -2.11. The third-order valence-electron chi connectivity index (χ3n) is 3.63. The lowest BCUT2D eigenvalue weighted by atomic mass is 9.98. The molecule has 1 heterocycles. The van der Waals surface area contributed by atoms with Crippen LogP contribution in [0, 0.1) is 29.8 Å². The number of nitrogens with two attached hydrogens (primary N) is 1. The number of benzene rings is 2. The molecule has 7 heteroatoms. The minimum Gasteiger partial charge on any atom is -0.376 e. The van der Waals surface area contributed by atoms with E-state index in [0.717, 1.165) is 0 Å². The molecule has 3 aromatic rings. The topological polar surface area (TPSA) is 68.3 Å². The van der Waals surface area contributed by atoms with Crippen LogP contribution in [0.1, 0.15) is 10.4 Å². The summed E-state index contributed by atoms with van der Waals surface area (Å²) in [6, 6.07) is 6.83. The number of aliphatic imine (C=N–C) groups is 1. The largest absolute Gasteiger partial charge is 0.376 e. The van der Waals surface area contributed by atoms with Crippen LogP contribution in [0.25, 0.3) is 22.0 Å². The van der Waals surface area contributed by atoms with Gasteiger partial charge in [0.25, 0.3) is 5.91 Å². The molecule has 0 radical (unpaired) electrons. The number of halogens is 3. The number of aromatic nitrogens is 1. The lowest BCUT2D eigenvalue weighted by Gasteiger charge is -2.10. The number of terminal acetylenes is 1. The van der Waals surface area contributed by atoms with E-state index in [-0.39, 0.29) is 22.3 Å². The molecule has 1 amide bonds. The van der Waals surface area contributed by atoms with E-state index in [1.165, 1.54) is 30.5 Å². The number of pyridine rings is 1. The van der Waals surface area contributed by atoms with E-state index in [4.69, 9.17) is 12.2 Å². The molecule has 0 aliphatic carbocycles. The van der Waals surface area contributed by atoms with Gasteiger partial charge >= 0.3 is 0 Å². The van der Waals surface area contributed by atoms with Crippen LogP contribution in [-0.4, -0.2) is 16.7 Å². The molecule has 0 unspecified atom stereocenters. The number of amides is 1. The van der Waals surface area contributed by atoms with Crippen LogP contribution >= 0.6 is 0 Å². The quantitative estimate of drug-likeness (QED) is 0.436. The van der Waals surface area contributed by atoms with Crippen molar-refractivity contribution in [1.82, 2.24) is 4.98 Å². The Morgan fingerprint density at radius 1 is 1.12 bits per heavy atom. The summed E-state index contributed by atoms with van der Waals surface area (Å²) in [7, 11) is 0. The van der Waals surface area contributed by atoms with E-state index in [0.29, 0.717) is 17.6 Å². The fourth-order valence-electron chi connectivity index (χ4n) is 2.50. The number of hydrogen-bond donors (Lipinski definition) is 1. The van der Waals surface area contributed by atoms with Gasteiger partial charge in [-0.2, -0.15) is 4.99 Å². The van der Waals surface area contributed by atoms with Gasteiger partial charge in [0.15, 0.2) is 5.84 Å². The molecular weight excluding hydrogens is 343 g/mol. The van der Waals surface area contributed by atoms with Gasteiger partial charge in [0.2, 0.25) is 0 Å². The van der Waals surface area contributed by atoms with Gasteiger partial charge < -0.3 is 5.73 Å². The van der Waals surface area contributed by atoms with Crippen LogP contribution in [0.5, 0.6) is 0 Å². The van der Waals surface area contributed by atoms with Crippen molar-refractivity contribution in [2.45, 2.75) is 0 Å². The van der Waals surface area contributed by atoms with Crippen LogP contribution < -0.4 is 5.73 Å². The van der Waals surface area contributed by atoms with Crippen molar-refractivity contribution in [1.29, 1.82) is 0 Å². The minimum atomic E-state index is -1.07. The molecule has 0 aliphatic heterocycles. The molecule has 26 heavy (non-hydrogen) atoms. The maximum Gasteiger partial charge on any atom is 0.279 e. The average Bonchev–Trinajstić information content (AvgIpc) is 2.60. The third-order valence-corrected chi connectivity index (χ3v) is 3.63. The van der Waals surface area contributed by atoms with Gasteiger partial charge in [-0.1, -0.05) is 0 Å². The third kappa shape index (κ3) is 3.13. The van der Waals surface area contributed by atoms with Gasteiger partial charge in [0.05, 0.1) is 11.1 Å². The van der Waals surface area contributed by atoms with E-state index in [1.54, 1.807) is 0 Å². The van der Waals surface area contributed by atoms with Gasteiger partial charge in [-0.05, 0) is 35.7 Å². The lowest BCUT2D eigenvalue weighted by molar-refractivity contribution is 0.100. The average molecular weight is 353 g/mol. The second kappa shape index (κ2) is 6.69. The van der Waals surface area contributed by atoms with Crippen molar-refractivity contribution in [3.63, 3.8) is 0 Å². The highest BCUT2D eigenvalue weighted by Crippen LogP contribution is 2.32. The fraction of sp³-hybridized carbons (Fsp3) is 0. The first kappa shape index (κ1) is 17.2. The Balaban J connectivity index is 2.24. The zero-order valence-corrected chi connectivity index (χ0v) is 13.1. The highest BCUT2D eigenvalue weighted by Gasteiger charge is 2.17. The van der Waals surface area contributed by atoms with E-state index >= 15 is 0 Å².